The molecule has 5 N–H and O–H groups in total. The SMILES string of the molecule is Cc1ccn(-c2ccc(-c3ccc(C=CC(=O)O)cc3)cc2[C@@H](Oc2cc(N3CCC4(CC3)CNC(C(=O)O)C4)nc(N)n2)C(F)(F)F)n1. The van der Waals surface area contributed by atoms with Crippen LogP contribution >= 0.6 is 0 Å². The van der Waals surface area contributed by atoms with E-state index in [0.717, 1.165) is 6.08 Å². The molecule has 0 aliphatic carbocycles. The molecule has 0 radical (unpaired) electrons. The Kier molecular flexibility index (Phi) is 9.03. The largest absolute Gasteiger partial charge is 0.480 e. The van der Waals surface area contributed by atoms with Gasteiger partial charge in [0.05, 0.1) is 11.4 Å². The Morgan fingerprint density at radius 2 is 1.78 bits per heavy atom. The molecular weight excluding hydrogens is 643 g/mol. The lowest BCUT2D eigenvalue weighted by Gasteiger charge is -2.39. The number of nitrogen functional groups attached to an aromatic ring is 1. The number of hydrogen-bond donors (Lipinski definition) is 4. The molecule has 2 saturated heterocycles. The van der Waals surface area contributed by atoms with Crippen molar-refractivity contribution in [2.45, 2.75) is 44.5 Å². The molecule has 2 aliphatic rings. The van der Waals surface area contributed by atoms with Crippen molar-refractivity contribution in [2.75, 3.05) is 30.3 Å². The van der Waals surface area contributed by atoms with Crippen LogP contribution in [0.5, 0.6) is 5.88 Å². The van der Waals surface area contributed by atoms with Crippen LogP contribution < -0.4 is 20.7 Å². The minimum atomic E-state index is -4.89. The topological polar surface area (TPSA) is 169 Å². The molecule has 49 heavy (non-hydrogen) atoms. The molecule has 2 aliphatic heterocycles. The fourth-order valence-electron chi connectivity index (χ4n) is 6.42. The zero-order chi connectivity index (χ0) is 34.9. The predicted molar refractivity (Wildman–Crippen MR) is 174 cm³/mol. The Morgan fingerprint density at radius 3 is 2.39 bits per heavy atom. The first kappa shape index (κ1) is 33.5. The van der Waals surface area contributed by atoms with E-state index in [1.165, 1.54) is 29.0 Å². The van der Waals surface area contributed by atoms with Gasteiger partial charge in [-0.1, -0.05) is 30.3 Å². The van der Waals surface area contributed by atoms with Gasteiger partial charge in [0.25, 0.3) is 0 Å². The normalized spacial score (nSPS) is 18.2. The van der Waals surface area contributed by atoms with E-state index < -0.39 is 30.3 Å². The van der Waals surface area contributed by atoms with Crippen molar-refractivity contribution < 1.29 is 37.7 Å². The molecule has 1 unspecified atom stereocenters. The number of aliphatic carboxylic acids is 2. The summed E-state index contributed by atoms with van der Waals surface area (Å²) >= 11 is 0. The standard InChI is InChI=1S/C34H34F3N7O5/c1-20-10-13-44(42-20)26-8-7-23(22-5-2-21(3-6-22)4-9-29(45)46)16-24(26)30(34(35,36)37)49-28-17-27(40-32(38)41-28)43-14-11-33(12-15-43)18-25(31(47)48)39-19-33/h2-10,13,16-17,25,30,39H,11-12,14-15,18-19H2,1H3,(H,45,46)(H,47,48)(H2,38,40,41)/t25?,30-/m1/s1. The maximum Gasteiger partial charge on any atom is 0.429 e. The highest BCUT2D eigenvalue weighted by Gasteiger charge is 2.46. The van der Waals surface area contributed by atoms with Gasteiger partial charge >= 0.3 is 18.1 Å². The number of piperidine rings is 1. The van der Waals surface area contributed by atoms with Gasteiger partial charge in [0.15, 0.2) is 0 Å². The van der Waals surface area contributed by atoms with Crippen LogP contribution in [0.15, 0.2) is 66.9 Å². The number of nitrogens with two attached hydrogens (primary N) is 1. The number of ether oxygens (including phenoxy) is 1. The lowest BCUT2D eigenvalue weighted by Crippen LogP contribution is -2.41. The number of nitrogens with zero attached hydrogens (tertiary/aromatic N) is 5. The third-order valence-electron chi connectivity index (χ3n) is 8.99. The second-order valence-electron chi connectivity index (χ2n) is 12.4. The van der Waals surface area contributed by atoms with Gasteiger partial charge in [-0.25, -0.2) is 9.48 Å². The fourth-order valence-corrected chi connectivity index (χ4v) is 6.42. The van der Waals surface area contributed by atoms with Gasteiger partial charge in [-0.3, -0.25) is 4.79 Å². The van der Waals surface area contributed by atoms with Gasteiger partial charge in [0.1, 0.15) is 11.9 Å². The van der Waals surface area contributed by atoms with Crippen molar-refractivity contribution in [2.24, 2.45) is 5.41 Å². The molecule has 1 spiro atoms. The number of carboxylic acid groups (broad SMARTS) is 2. The molecule has 256 valence electrons. The van der Waals surface area contributed by atoms with E-state index in [1.54, 1.807) is 49.5 Å². The van der Waals surface area contributed by atoms with E-state index in [9.17, 15) is 27.9 Å². The summed E-state index contributed by atoms with van der Waals surface area (Å²) < 4.78 is 52.0. The summed E-state index contributed by atoms with van der Waals surface area (Å²) in [5.41, 5.74) is 8.02. The molecule has 2 fully saturated rings. The van der Waals surface area contributed by atoms with E-state index >= 15 is 0 Å². The monoisotopic (exact) mass is 677 g/mol. The number of aryl methyl sites for hydroxylation is 1. The number of anilines is 2. The molecular formula is C34H34F3N7O5. The Hall–Kier alpha value is -5.44. The minimum Gasteiger partial charge on any atom is -0.480 e. The Balaban J connectivity index is 1.31. The van der Waals surface area contributed by atoms with Gasteiger partial charge in [0.2, 0.25) is 17.9 Å². The Labute approximate surface area is 279 Å². The van der Waals surface area contributed by atoms with Crippen molar-refractivity contribution in [3.8, 4) is 22.7 Å². The fraction of sp³-hybridized carbons (Fsp3) is 0.324. The zero-order valence-electron chi connectivity index (χ0n) is 26.4. The second kappa shape index (κ2) is 13.2. The summed E-state index contributed by atoms with van der Waals surface area (Å²) in [5.74, 6) is -2.29. The molecule has 2 aromatic heterocycles. The molecule has 6 rings (SSSR count). The van der Waals surface area contributed by atoms with Gasteiger partial charge in [-0.05, 0) is 72.6 Å². The second-order valence-corrected chi connectivity index (χ2v) is 12.4. The predicted octanol–water partition coefficient (Wildman–Crippen LogP) is 5.03. The lowest BCUT2D eigenvalue weighted by atomic mass is 9.76. The molecule has 2 aromatic carbocycles. The van der Waals surface area contributed by atoms with E-state index in [1.807, 2.05) is 4.90 Å². The Morgan fingerprint density at radius 1 is 1.06 bits per heavy atom. The average Bonchev–Trinajstić information content (AvgIpc) is 3.68. The first-order valence-corrected chi connectivity index (χ1v) is 15.6. The zero-order valence-corrected chi connectivity index (χ0v) is 26.4. The van der Waals surface area contributed by atoms with Crippen molar-refractivity contribution in [3.05, 3.63) is 83.7 Å². The van der Waals surface area contributed by atoms with Gasteiger partial charge in [-0.15, -0.1) is 0 Å². The molecule has 15 heteroatoms. The summed E-state index contributed by atoms with van der Waals surface area (Å²) in [4.78, 5) is 32.5. The van der Waals surface area contributed by atoms with Crippen molar-refractivity contribution >= 4 is 29.8 Å². The minimum absolute atomic E-state index is 0.147. The third-order valence-corrected chi connectivity index (χ3v) is 8.99. The summed E-state index contributed by atoms with van der Waals surface area (Å²) in [6.07, 6.45) is -1.55. The number of nitrogens with one attached hydrogen (secondary N) is 1. The smallest absolute Gasteiger partial charge is 0.429 e. The maximum absolute atomic E-state index is 15.0. The van der Waals surface area contributed by atoms with Crippen LogP contribution in [0.3, 0.4) is 0 Å². The highest BCUT2D eigenvalue weighted by Crippen LogP contribution is 2.43. The van der Waals surface area contributed by atoms with Crippen LogP contribution in [0, 0.1) is 12.3 Å². The van der Waals surface area contributed by atoms with Gasteiger partial charge in [-0.2, -0.15) is 28.2 Å². The average molecular weight is 678 g/mol. The van der Waals surface area contributed by atoms with Crippen molar-refractivity contribution in [3.63, 3.8) is 0 Å². The van der Waals surface area contributed by atoms with Crippen LogP contribution in [0.4, 0.5) is 24.9 Å². The number of aromatic nitrogens is 4. The van der Waals surface area contributed by atoms with E-state index in [4.69, 9.17) is 15.6 Å². The van der Waals surface area contributed by atoms with E-state index in [2.05, 4.69) is 20.4 Å². The van der Waals surface area contributed by atoms with Crippen molar-refractivity contribution in [1.82, 2.24) is 25.1 Å². The maximum atomic E-state index is 15.0. The Bertz CT molecular complexity index is 1890. The number of benzene rings is 2. The van der Waals surface area contributed by atoms with E-state index in [0.29, 0.717) is 67.1 Å². The van der Waals surface area contributed by atoms with Gasteiger partial charge in [0, 0.05) is 43.5 Å². The first-order chi connectivity index (χ1) is 23.3. The molecule has 4 aromatic rings. The van der Waals surface area contributed by atoms with E-state index in [-0.39, 0.29) is 28.5 Å². The van der Waals surface area contributed by atoms with Crippen molar-refractivity contribution in [1.29, 1.82) is 0 Å². The molecule has 12 nitrogen and oxygen atoms in total. The number of carboxylic acids is 2. The van der Waals surface area contributed by atoms with Gasteiger partial charge < -0.3 is 30.9 Å². The van der Waals surface area contributed by atoms with Crippen LogP contribution in [-0.2, 0) is 9.59 Å². The van der Waals surface area contributed by atoms with Crippen LogP contribution in [0.2, 0.25) is 0 Å². The number of rotatable bonds is 9. The molecule has 2 atom stereocenters. The quantitative estimate of drug-likeness (QED) is 0.175. The lowest BCUT2D eigenvalue weighted by molar-refractivity contribution is -0.198. The summed E-state index contributed by atoms with van der Waals surface area (Å²) in [7, 11) is 0. The highest BCUT2D eigenvalue weighted by atomic mass is 19.4. The molecule has 4 heterocycles. The van der Waals surface area contributed by atoms with Crippen LogP contribution in [0.1, 0.15) is 42.2 Å². The van der Waals surface area contributed by atoms with Crippen LogP contribution in [0.25, 0.3) is 22.9 Å². The molecule has 0 bridgehead atoms. The third kappa shape index (κ3) is 7.51. The summed E-state index contributed by atoms with van der Waals surface area (Å²) in [5, 5.41) is 25.7. The summed E-state index contributed by atoms with van der Waals surface area (Å²) in [6, 6.07) is 13.7. The number of alkyl halides is 3. The number of carbonyl (C=O) groups is 2. The number of hydrogen-bond acceptors (Lipinski definition) is 9. The summed E-state index contributed by atoms with van der Waals surface area (Å²) in [6.45, 7) is 3.31. The number of halogens is 3. The molecule has 0 saturated carbocycles. The first-order valence-electron chi connectivity index (χ1n) is 15.6. The molecule has 0 amide bonds. The van der Waals surface area contributed by atoms with Crippen LogP contribution in [-0.4, -0.2) is 73.8 Å². The highest BCUT2D eigenvalue weighted by molar-refractivity contribution is 5.85.